The lowest BCUT2D eigenvalue weighted by atomic mass is 10.2. The zero-order valence-corrected chi connectivity index (χ0v) is 10.0. The molecular weight excluding hydrogens is 238 g/mol. The molecule has 1 amide bonds. The topological polar surface area (TPSA) is 32.3 Å². The van der Waals surface area contributed by atoms with Crippen LogP contribution in [0.4, 0.5) is 8.78 Å². The number of terminal acetylenes is 1. The van der Waals surface area contributed by atoms with E-state index < -0.39 is 11.6 Å². The Balaban J connectivity index is 2.56. The molecule has 1 aromatic carbocycles. The summed E-state index contributed by atoms with van der Waals surface area (Å²) in [5.41, 5.74) is 0.268. The summed E-state index contributed by atoms with van der Waals surface area (Å²) in [5.74, 6) is 0.831. The van der Waals surface area contributed by atoms with Gasteiger partial charge in [-0.15, -0.1) is 6.42 Å². The van der Waals surface area contributed by atoms with E-state index in [-0.39, 0.29) is 24.6 Å². The normalized spacial score (nSPS) is 9.89. The second-order valence-corrected chi connectivity index (χ2v) is 3.79. The van der Waals surface area contributed by atoms with E-state index in [1.54, 1.807) is 7.05 Å². The molecule has 0 saturated carbocycles. The number of hydrogen-bond donors (Lipinski definition) is 1. The fourth-order valence-electron chi connectivity index (χ4n) is 1.37. The average molecular weight is 252 g/mol. The molecule has 0 spiro atoms. The van der Waals surface area contributed by atoms with Crippen molar-refractivity contribution in [1.82, 2.24) is 10.2 Å². The Morgan fingerprint density at radius 1 is 1.50 bits per heavy atom. The number of halogens is 2. The van der Waals surface area contributed by atoms with Gasteiger partial charge in [-0.2, -0.15) is 0 Å². The maximum atomic E-state index is 13.4. The molecule has 1 aromatic rings. The molecule has 0 bridgehead atoms. The summed E-state index contributed by atoms with van der Waals surface area (Å²) >= 11 is 0. The number of carbonyl (C=O) groups excluding carboxylic acids is 1. The van der Waals surface area contributed by atoms with Gasteiger partial charge in [0.15, 0.2) is 0 Å². The Labute approximate surface area is 105 Å². The first-order chi connectivity index (χ1) is 8.54. The highest BCUT2D eigenvalue weighted by molar-refractivity contribution is 5.78. The zero-order chi connectivity index (χ0) is 13.5. The molecule has 5 heteroatoms. The quantitative estimate of drug-likeness (QED) is 0.629. The fraction of sp³-hybridized carbons (Fsp3) is 0.308. The van der Waals surface area contributed by atoms with Crippen LogP contribution >= 0.6 is 0 Å². The van der Waals surface area contributed by atoms with Crippen LogP contribution in [-0.2, 0) is 11.3 Å². The largest absolute Gasteiger partial charge is 0.340 e. The predicted octanol–water partition coefficient (Wildman–Crippen LogP) is 1.15. The smallest absolute Gasteiger partial charge is 0.236 e. The van der Waals surface area contributed by atoms with Crippen LogP contribution in [0.2, 0.25) is 0 Å². The maximum absolute atomic E-state index is 13.4. The first kappa shape index (κ1) is 14.1. The van der Waals surface area contributed by atoms with Gasteiger partial charge < -0.3 is 4.90 Å². The van der Waals surface area contributed by atoms with Gasteiger partial charge in [-0.25, -0.2) is 8.78 Å². The van der Waals surface area contributed by atoms with E-state index in [1.165, 1.54) is 11.0 Å². The molecule has 0 aliphatic rings. The molecule has 0 aliphatic carbocycles. The molecule has 0 aromatic heterocycles. The summed E-state index contributed by atoms with van der Waals surface area (Å²) in [5, 5.41) is 2.74. The fourth-order valence-corrected chi connectivity index (χ4v) is 1.37. The van der Waals surface area contributed by atoms with Crippen molar-refractivity contribution in [3.8, 4) is 12.3 Å². The van der Waals surface area contributed by atoms with E-state index in [4.69, 9.17) is 6.42 Å². The zero-order valence-electron chi connectivity index (χ0n) is 10.0. The molecule has 18 heavy (non-hydrogen) atoms. The summed E-state index contributed by atoms with van der Waals surface area (Å²) < 4.78 is 26.1. The molecule has 0 aliphatic heterocycles. The van der Waals surface area contributed by atoms with Crippen molar-refractivity contribution in [2.24, 2.45) is 0 Å². The Kier molecular flexibility index (Phi) is 5.28. The van der Waals surface area contributed by atoms with Gasteiger partial charge in [0.05, 0.1) is 13.1 Å². The van der Waals surface area contributed by atoms with Gasteiger partial charge in [-0.05, 0) is 6.07 Å². The molecule has 0 atom stereocenters. The summed E-state index contributed by atoms with van der Waals surface area (Å²) in [7, 11) is 1.54. The Morgan fingerprint density at radius 3 is 2.83 bits per heavy atom. The number of amides is 1. The minimum Gasteiger partial charge on any atom is -0.340 e. The molecule has 3 nitrogen and oxygen atoms in total. The third-order valence-corrected chi connectivity index (χ3v) is 2.35. The number of hydrogen-bond acceptors (Lipinski definition) is 2. The number of benzene rings is 1. The van der Waals surface area contributed by atoms with Crippen molar-refractivity contribution in [1.29, 1.82) is 0 Å². The molecular formula is C13H14F2N2O. The highest BCUT2D eigenvalue weighted by atomic mass is 19.1. The summed E-state index contributed by atoms with van der Waals surface area (Å²) in [6.45, 7) is 0.469. The Bertz CT molecular complexity index is 469. The van der Waals surface area contributed by atoms with Crippen LogP contribution in [0, 0.1) is 24.0 Å². The molecule has 0 radical (unpaired) electrons. The monoisotopic (exact) mass is 252 g/mol. The second-order valence-electron chi connectivity index (χ2n) is 3.79. The number of nitrogens with zero attached hydrogens (tertiary/aromatic N) is 1. The van der Waals surface area contributed by atoms with Crippen LogP contribution in [0.15, 0.2) is 18.2 Å². The van der Waals surface area contributed by atoms with Gasteiger partial charge in [0.2, 0.25) is 5.91 Å². The average Bonchev–Trinajstić information content (AvgIpc) is 2.32. The summed E-state index contributed by atoms with van der Waals surface area (Å²) in [6, 6.07) is 3.28. The Hall–Kier alpha value is -1.93. The van der Waals surface area contributed by atoms with Crippen LogP contribution < -0.4 is 5.32 Å². The van der Waals surface area contributed by atoms with Crippen molar-refractivity contribution >= 4 is 5.91 Å². The van der Waals surface area contributed by atoms with Gasteiger partial charge in [-0.3, -0.25) is 10.1 Å². The molecule has 0 fully saturated rings. The van der Waals surface area contributed by atoms with Gasteiger partial charge >= 0.3 is 0 Å². The van der Waals surface area contributed by atoms with Crippen molar-refractivity contribution in [2.45, 2.75) is 6.54 Å². The van der Waals surface area contributed by atoms with Crippen LogP contribution in [0.1, 0.15) is 5.56 Å². The van der Waals surface area contributed by atoms with Crippen molar-refractivity contribution in [3.63, 3.8) is 0 Å². The number of carbonyl (C=O) groups is 1. The summed E-state index contributed by atoms with van der Waals surface area (Å²) in [4.78, 5) is 12.9. The molecule has 0 heterocycles. The third kappa shape index (κ3) is 4.15. The van der Waals surface area contributed by atoms with Gasteiger partial charge in [-0.1, -0.05) is 12.0 Å². The maximum Gasteiger partial charge on any atom is 0.236 e. The Morgan fingerprint density at radius 2 is 2.22 bits per heavy atom. The van der Waals surface area contributed by atoms with E-state index >= 15 is 0 Å². The molecule has 1 rings (SSSR count). The van der Waals surface area contributed by atoms with E-state index in [0.717, 1.165) is 12.1 Å². The standard InChI is InChI=1S/C13H14F2N2O/c1-3-6-16-8-13(18)17(2)9-10-4-5-11(14)7-12(10)15/h1,4-5,7,16H,6,8-9H2,2H3. The van der Waals surface area contributed by atoms with E-state index in [1.807, 2.05) is 0 Å². The van der Waals surface area contributed by atoms with Crippen molar-refractivity contribution < 1.29 is 13.6 Å². The number of likely N-dealkylation sites (N-methyl/N-ethyl adjacent to an activating group) is 1. The first-order valence-corrected chi connectivity index (χ1v) is 5.36. The molecule has 0 unspecified atom stereocenters. The first-order valence-electron chi connectivity index (χ1n) is 5.36. The molecule has 0 saturated heterocycles. The minimum atomic E-state index is -0.661. The molecule has 1 N–H and O–H groups in total. The van der Waals surface area contributed by atoms with Crippen LogP contribution in [0.5, 0.6) is 0 Å². The second kappa shape index (κ2) is 6.72. The summed E-state index contributed by atoms with van der Waals surface area (Å²) in [6.07, 6.45) is 5.03. The van der Waals surface area contributed by atoms with E-state index in [9.17, 15) is 13.6 Å². The van der Waals surface area contributed by atoms with Crippen molar-refractivity contribution in [3.05, 3.63) is 35.4 Å². The highest BCUT2D eigenvalue weighted by Gasteiger charge is 2.11. The van der Waals surface area contributed by atoms with Gasteiger partial charge in [0, 0.05) is 25.2 Å². The van der Waals surface area contributed by atoms with E-state index in [0.29, 0.717) is 6.54 Å². The van der Waals surface area contributed by atoms with Gasteiger partial charge in [0.25, 0.3) is 0 Å². The third-order valence-electron chi connectivity index (χ3n) is 2.35. The lowest BCUT2D eigenvalue weighted by Crippen LogP contribution is -2.35. The van der Waals surface area contributed by atoms with E-state index in [2.05, 4.69) is 11.2 Å². The number of nitrogens with one attached hydrogen (secondary N) is 1. The number of rotatable bonds is 5. The van der Waals surface area contributed by atoms with Crippen LogP contribution in [-0.4, -0.2) is 30.9 Å². The van der Waals surface area contributed by atoms with Crippen LogP contribution in [0.3, 0.4) is 0 Å². The lowest BCUT2D eigenvalue weighted by Gasteiger charge is -2.17. The lowest BCUT2D eigenvalue weighted by molar-refractivity contribution is -0.129. The highest BCUT2D eigenvalue weighted by Crippen LogP contribution is 2.11. The molecule has 96 valence electrons. The van der Waals surface area contributed by atoms with Crippen LogP contribution in [0.25, 0.3) is 0 Å². The SMILES string of the molecule is C#CCNCC(=O)N(C)Cc1ccc(F)cc1F. The minimum absolute atomic E-state index is 0.0860. The predicted molar refractivity (Wildman–Crippen MR) is 64.5 cm³/mol. The van der Waals surface area contributed by atoms with Crippen molar-refractivity contribution in [2.75, 3.05) is 20.1 Å². The van der Waals surface area contributed by atoms with Gasteiger partial charge in [0.1, 0.15) is 11.6 Å².